The number of nitrogens with zero attached hydrogens (tertiary/aromatic N) is 1. The molecule has 34 heavy (non-hydrogen) atoms. The summed E-state index contributed by atoms with van der Waals surface area (Å²) in [6.07, 6.45) is 4.09. The summed E-state index contributed by atoms with van der Waals surface area (Å²) in [5, 5.41) is 18.9. The van der Waals surface area contributed by atoms with E-state index < -0.39 is 7.12 Å². The van der Waals surface area contributed by atoms with Gasteiger partial charge in [-0.2, -0.15) is 0 Å². The van der Waals surface area contributed by atoms with Gasteiger partial charge >= 0.3 is 7.12 Å². The van der Waals surface area contributed by atoms with Crippen molar-refractivity contribution in [3.05, 3.63) is 65.5 Å². The summed E-state index contributed by atoms with van der Waals surface area (Å²) in [7, 11) is -1.56. The van der Waals surface area contributed by atoms with Crippen LogP contribution in [0.1, 0.15) is 42.7 Å². The summed E-state index contributed by atoms with van der Waals surface area (Å²) in [6.45, 7) is 5.16. The highest BCUT2D eigenvalue weighted by Gasteiger charge is 2.24. The van der Waals surface area contributed by atoms with Crippen LogP contribution in [0.5, 0.6) is 5.75 Å². The molecule has 180 valence electrons. The van der Waals surface area contributed by atoms with Gasteiger partial charge in [0.2, 0.25) is 5.89 Å². The SMILES string of the molecule is Cc1cccc(-c2nc(CO[C@H]3CCC[C@@H](OCCOc4ccccc4B(O)O)C3)c(C)o2)c1. The number of aryl methyl sites for hydroxylation is 2. The van der Waals surface area contributed by atoms with Crippen LogP contribution in [0.25, 0.3) is 11.5 Å². The fourth-order valence-corrected chi connectivity index (χ4v) is 4.26. The summed E-state index contributed by atoms with van der Waals surface area (Å²) < 4.78 is 23.8. The van der Waals surface area contributed by atoms with Gasteiger partial charge < -0.3 is 28.7 Å². The Morgan fingerprint density at radius 3 is 2.59 bits per heavy atom. The Morgan fingerprint density at radius 1 is 1.00 bits per heavy atom. The number of oxazole rings is 1. The summed E-state index contributed by atoms with van der Waals surface area (Å²) in [4.78, 5) is 4.66. The number of benzene rings is 2. The minimum absolute atomic E-state index is 0.113. The lowest BCUT2D eigenvalue weighted by Gasteiger charge is -2.29. The van der Waals surface area contributed by atoms with Crippen molar-refractivity contribution >= 4 is 12.6 Å². The van der Waals surface area contributed by atoms with Gasteiger partial charge in [-0.15, -0.1) is 0 Å². The van der Waals surface area contributed by atoms with Crippen LogP contribution in [-0.4, -0.2) is 47.6 Å². The Bertz CT molecular complexity index is 1070. The van der Waals surface area contributed by atoms with Crippen LogP contribution in [-0.2, 0) is 16.1 Å². The van der Waals surface area contributed by atoms with Crippen molar-refractivity contribution in [1.29, 1.82) is 0 Å². The molecule has 0 unspecified atom stereocenters. The molecule has 1 heterocycles. The van der Waals surface area contributed by atoms with Gasteiger partial charge in [0.25, 0.3) is 0 Å². The monoisotopic (exact) mass is 465 g/mol. The van der Waals surface area contributed by atoms with Gasteiger partial charge in [0.1, 0.15) is 23.8 Å². The van der Waals surface area contributed by atoms with Gasteiger partial charge in [-0.05, 0) is 57.7 Å². The molecular formula is C26H32BNO6. The van der Waals surface area contributed by atoms with Crippen molar-refractivity contribution in [2.24, 2.45) is 0 Å². The summed E-state index contributed by atoms with van der Waals surface area (Å²) in [5.74, 6) is 1.87. The van der Waals surface area contributed by atoms with E-state index in [1.54, 1.807) is 24.3 Å². The molecule has 0 saturated heterocycles. The molecule has 1 aliphatic carbocycles. The lowest BCUT2D eigenvalue weighted by molar-refractivity contribution is -0.0555. The van der Waals surface area contributed by atoms with Crippen LogP contribution < -0.4 is 10.2 Å². The third-order valence-corrected chi connectivity index (χ3v) is 6.08. The first-order chi connectivity index (χ1) is 16.5. The van der Waals surface area contributed by atoms with E-state index in [0.717, 1.165) is 42.7 Å². The zero-order valence-corrected chi connectivity index (χ0v) is 19.8. The zero-order chi connectivity index (χ0) is 23.9. The highest BCUT2D eigenvalue weighted by molar-refractivity contribution is 6.59. The topological polar surface area (TPSA) is 94.2 Å². The van der Waals surface area contributed by atoms with E-state index >= 15 is 0 Å². The number of rotatable bonds is 10. The van der Waals surface area contributed by atoms with Crippen molar-refractivity contribution < 1.29 is 28.7 Å². The normalized spacial score (nSPS) is 18.1. The fourth-order valence-electron chi connectivity index (χ4n) is 4.26. The van der Waals surface area contributed by atoms with Crippen LogP contribution in [0.3, 0.4) is 0 Å². The second-order valence-electron chi connectivity index (χ2n) is 8.74. The largest absolute Gasteiger partial charge is 0.492 e. The number of hydrogen-bond donors (Lipinski definition) is 2. The number of hydrogen-bond acceptors (Lipinski definition) is 7. The maximum Gasteiger partial charge on any atom is 0.492 e. The molecule has 3 aromatic rings. The molecule has 0 bridgehead atoms. The smallest absolute Gasteiger partial charge is 0.492 e. The lowest BCUT2D eigenvalue weighted by Crippen LogP contribution is -2.32. The molecule has 2 N–H and O–H groups in total. The molecule has 0 spiro atoms. The Labute approximate surface area is 200 Å². The minimum atomic E-state index is -1.56. The predicted molar refractivity (Wildman–Crippen MR) is 130 cm³/mol. The molecule has 2 atom stereocenters. The van der Waals surface area contributed by atoms with Crippen LogP contribution in [0.15, 0.2) is 52.9 Å². The molecule has 0 amide bonds. The quantitative estimate of drug-likeness (QED) is 0.349. The van der Waals surface area contributed by atoms with E-state index in [1.807, 2.05) is 19.1 Å². The first-order valence-corrected chi connectivity index (χ1v) is 11.8. The minimum Gasteiger partial charge on any atom is -0.492 e. The standard InChI is InChI=1S/C26H32BNO6/c1-18-7-5-8-20(15-18)26-28-24(19(2)34-26)17-33-22-10-6-9-21(16-22)31-13-14-32-25-12-4-3-11-23(25)27(29)30/h3-5,7-8,11-12,15,21-22,29-30H,6,9-10,13-14,16-17H2,1-2H3/t21-,22+/m1/s1. The predicted octanol–water partition coefficient (Wildman–Crippen LogP) is 3.56. The molecule has 2 aromatic carbocycles. The van der Waals surface area contributed by atoms with Crippen molar-refractivity contribution in [3.8, 4) is 17.2 Å². The van der Waals surface area contributed by atoms with E-state index in [0.29, 0.717) is 36.9 Å². The van der Waals surface area contributed by atoms with Crippen molar-refractivity contribution in [2.45, 2.75) is 58.3 Å². The van der Waals surface area contributed by atoms with Crippen LogP contribution in [0, 0.1) is 13.8 Å². The average molecular weight is 465 g/mol. The highest BCUT2D eigenvalue weighted by Crippen LogP contribution is 2.27. The molecule has 7 nitrogen and oxygen atoms in total. The van der Waals surface area contributed by atoms with Crippen LogP contribution in [0.4, 0.5) is 0 Å². The molecule has 0 aliphatic heterocycles. The molecule has 0 radical (unpaired) electrons. The average Bonchev–Trinajstić information content (AvgIpc) is 3.21. The lowest BCUT2D eigenvalue weighted by atomic mass is 9.79. The second kappa shape index (κ2) is 11.7. The zero-order valence-electron chi connectivity index (χ0n) is 19.8. The summed E-state index contributed by atoms with van der Waals surface area (Å²) in [6, 6.07) is 15.0. The summed E-state index contributed by atoms with van der Waals surface area (Å²) in [5.41, 5.74) is 3.32. The van der Waals surface area contributed by atoms with Crippen molar-refractivity contribution in [2.75, 3.05) is 13.2 Å². The first-order valence-electron chi connectivity index (χ1n) is 11.8. The maximum absolute atomic E-state index is 9.43. The Balaban J connectivity index is 1.23. The van der Waals surface area contributed by atoms with Gasteiger partial charge in [-0.1, -0.05) is 35.9 Å². The highest BCUT2D eigenvalue weighted by atomic mass is 16.5. The van der Waals surface area contributed by atoms with Gasteiger partial charge in [0, 0.05) is 11.0 Å². The third-order valence-electron chi connectivity index (χ3n) is 6.08. The maximum atomic E-state index is 9.43. The van der Waals surface area contributed by atoms with Gasteiger partial charge in [-0.25, -0.2) is 4.98 Å². The fraction of sp³-hybridized carbons (Fsp3) is 0.423. The van der Waals surface area contributed by atoms with Crippen LogP contribution in [0.2, 0.25) is 0 Å². The first kappa shape index (κ1) is 24.5. The molecule has 4 rings (SSSR count). The Hall–Kier alpha value is -2.65. The van der Waals surface area contributed by atoms with Gasteiger partial charge in [0.05, 0.1) is 25.4 Å². The summed E-state index contributed by atoms with van der Waals surface area (Å²) >= 11 is 0. The second-order valence-corrected chi connectivity index (χ2v) is 8.74. The molecule has 1 aliphatic rings. The Morgan fingerprint density at radius 2 is 1.79 bits per heavy atom. The van der Waals surface area contributed by atoms with Crippen LogP contribution >= 0.6 is 0 Å². The Kier molecular flexibility index (Phi) is 8.40. The van der Waals surface area contributed by atoms with E-state index in [1.165, 1.54) is 5.56 Å². The number of aromatic nitrogens is 1. The molecule has 1 aromatic heterocycles. The number of ether oxygens (including phenoxy) is 3. The molecule has 1 saturated carbocycles. The molecule has 8 heteroatoms. The van der Waals surface area contributed by atoms with E-state index in [9.17, 15) is 10.0 Å². The van der Waals surface area contributed by atoms with Crippen molar-refractivity contribution in [1.82, 2.24) is 4.98 Å². The van der Waals surface area contributed by atoms with Gasteiger partial charge in [0.15, 0.2) is 0 Å². The molecule has 1 fully saturated rings. The number of para-hydroxylation sites is 1. The van der Waals surface area contributed by atoms with Crippen molar-refractivity contribution in [3.63, 3.8) is 0 Å². The molecular weight excluding hydrogens is 433 g/mol. The third kappa shape index (κ3) is 6.48. The van der Waals surface area contributed by atoms with Gasteiger partial charge in [-0.3, -0.25) is 0 Å². The van der Waals surface area contributed by atoms with E-state index in [-0.39, 0.29) is 12.2 Å². The van der Waals surface area contributed by atoms with E-state index in [2.05, 4.69) is 24.0 Å². The van der Waals surface area contributed by atoms with E-state index in [4.69, 9.17) is 18.6 Å².